The zero-order chi connectivity index (χ0) is 32.4. The van der Waals surface area contributed by atoms with E-state index in [-0.39, 0.29) is 12.2 Å². The molecule has 0 spiro atoms. The monoisotopic (exact) mass is 746 g/mol. The molecular formula is C36H31IN2O6S. The summed E-state index contributed by atoms with van der Waals surface area (Å²) in [5.41, 5.74) is 3.01. The van der Waals surface area contributed by atoms with Crippen LogP contribution in [0.2, 0.25) is 0 Å². The molecule has 0 fully saturated rings. The van der Waals surface area contributed by atoms with E-state index < -0.39 is 12.0 Å². The predicted octanol–water partition coefficient (Wildman–Crippen LogP) is 6.15. The molecule has 0 saturated heterocycles. The fraction of sp³-hybridized carbons (Fsp3) is 0.194. The lowest BCUT2D eigenvalue weighted by Gasteiger charge is -2.25. The summed E-state index contributed by atoms with van der Waals surface area (Å²) < 4.78 is 26.0. The minimum Gasteiger partial charge on any atom is -0.496 e. The number of thiazole rings is 1. The first-order chi connectivity index (χ1) is 22.3. The van der Waals surface area contributed by atoms with E-state index in [1.807, 2.05) is 54.6 Å². The molecule has 0 radical (unpaired) electrons. The maximum absolute atomic E-state index is 14.1. The number of fused-ring (bicyclic) bond motifs is 2. The number of benzene rings is 4. The van der Waals surface area contributed by atoms with Crippen LogP contribution in [0, 0.1) is 3.57 Å². The first-order valence-corrected chi connectivity index (χ1v) is 16.5. The Morgan fingerprint density at radius 3 is 2.52 bits per heavy atom. The van der Waals surface area contributed by atoms with Crippen LogP contribution in [0.25, 0.3) is 16.8 Å². The fourth-order valence-corrected chi connectivity index (χ4v) is 7.49. The van der Waals surface area contributed by atoms with E-state index in [1.54, 1.807) is 38.7 Å². The van der Waals surface area contributed by atoms with Gasteiger partial charge in [0.2, 0.25) is 0 Å². The van der Waals surface area contributed by atoms with Gasteiger partial charge in [0, 0.05) is 5.56 Å². The number of aromatic nitrogens is 1. The van der Waals surface area contributed by atoms with Gasteiger partial charge in [-0.05, 0) is 82.6 Å². The van der Waals surface area contributed by atoms with Crippen molar-refractivity contribution in [3.05, 3.63) is 130 Å². The van der Waals surface area contributed by atoms with Crippen LogP contribution in [0.1, 0.15) is 36.6 Å². The van der Waals surface area contributed by atoms with Crippen molar-refractivity contribution in [3.63, 3.8) is 0 Å². The molecule has 5 aromatic rings. The van der Waals surface area contributed by atoms with Gasteiger partial charge in [-0.25, -0.2) is 9.79 Å². The summed E-state index contributed by atoms with van der Waals surface area (Å²) in [5.74, 6) is 1.21. The van der Waals surface area contributed by atoms with E-state index in [9.17, 15) is 9.59 Å². The molecule has 6 rings (SSSR count). The molecular weight excluding hydrogens is 715 g/mol. The van der Waals surface area contributed by atoms with Crippen molar-refractivity contribution in [1.82, 2.24) is 4.57 Å². The number of rotatable bonds is 9. The summed E-state index contributed by atoms with van der Waals surface area (Å²) in [4.78, 5) is 32.5. The molecule has 10 heteroatoms. The highest BCUT2D eigenvalue weighted by Crippen LogP contribution is 2.37. The van der Waals surface area contributed by atoms with Crippen molar-refractivity contribution in [2.45, 2.75) is 26.5 Å². The Hall–Kier alpha value is -4.42. The van der Waals surface area contributed by atoms with Crippen molar-refractivity contribution < 1.29 is 23.7 Å². The largest absolute Gasteiger partial charge is 0.496 e. The Kier molecular flexibility index (Phi) is 9.27. The maximum Gasteiger partial charge on any atom is 0.338 e. The second kappa shape index (κ2) is 13.5. The lowest BCUT2D eigenvalue weighted by molar-refractivity contribution is -0.139. The number of para-hydroxylation sites is 1. The van der Waals surface area contributed by atoms with Crippen molar-refractivity contribution in [2.75, 3.05) is 20.8 Å². The molecule has 2 heterocycles. The Morgan fingerprint density at radius 2 is 1.74 bits per heavy atom. The van der Waals surface area contributed by atoms with Crippen LogP contribution in [0.3, 0.4) is 0 Å². The molecule has 0 aliphatic carbocycles. The quantitative estimate of drug-likeness (QED) is 0.133. The van der Waals surface area contributed by atoms with Crippen molar-refractivity contribution in [3.8, 4) is 17.2 Å². The summed E-state index contributed by atoms with van der Waals surface area (Å²) in [5, 5.41) is 2.29. The van der Waals surface area contributed by atoms with Gasteiger partial charge < -0.3 is 18.9 Å². The third kappa shape index (κ3) is 5.94. The van der Waals surface area contributed by atoms with Crippen LogP contribution >= 0.6 is 33.9 Å². The predicted molar refractivity (Wildman–Crippen MR) is 187 cm³/mol. The van der Waals surface area contributed by atoms with Gasteiger partial charge in [0.1, 0.15) is 18.4 Å². The third-order valence-corrected chi connectivity index (χ3v) is 9.54. The number of methoxy groups -OCH3 is 2. The summed E-state index contributed by atoms with van der Waals surface area (Å²) in [6, 6.07) is 24.8. The molecule has 0 bridgehead atoms. The molecule has 8 nitrogen and oxygen atoms in total. The first-order valence-electron chi connectivity index (χ1n) is 14.6. The average molecular weight is 747 g/mol. The highest BCUT2D eigenvalue weighted by molar-refractivity contribution is 14.1. The van der Waals surface area contributed by atoms with Gasteiger partial charge >= 0.3 is 5.97 Å². The molecule has 46 heavy (non-hydrogen) atoms. The zero-order valence-corrected chi connectivity index (χ0v) is 28.7. The van der Waals surface area contributed by atoms with E-state index in [0.717, 1.165) is 25.5 Å². The summed E-state index contributed by atoms with van der Waals surface area (Å²) >= 11 is 3.49. The lowest BCUT2D eigenvalue weighted by Crippen LogP contribution is -2.40. The second-order valence-electron chi connectivity index (χ2n) is 10.5. The van der Waals surface area contributed by atoms with Crippen molar-refractivity contribution in [2.24, 2.45) is 4.99 Å². The SMILES string of the molecule is CCOC(=O)C1=C(C)N=c2s/c(=C/c3cc(I)c(OCc4cccc5ccccc45)c(OC)c3)c(=O)n2[C@H]1c1ccccc1OC. The van der Waals surface area contributed by atoms with E-state index in [2.05, 4.69) is 51.8 Å². The van der Waals surface area contributed by atoms with Crippen LogP contribution in [0.15, 0.2) is 99.9 Å². The Morgan fingerprint density at radius 1 is 1.00 bits per heavy atom. The molecule has 1 aliphatic rings. The maximum atomic E-state index is 14.1. The molecule has 234 valence electrons. The molecule has 0 N–H and O–H groups in total. The van der Waals surface area contributed by atoms with Gasteiger partial charge in [-0.1, -0.05) is 72.0 Å². The molecule has 0 amide bonds. The van der Waals surface area contributed by atoms with Crippen LogP contribution in [0.5, 0.6) is 17.2 Å². The van der Waals surface area contributed by atoms with Crippen LogP contribution in [-0.4, -0.2) is 31.4 Å². The lowest BCUT2D eigenvalue weighted by atomic mass is 9.95. The van der Waals surface area contributed by atoms with Gasteiger partial charge in [-0.15, -0.1) is 0 Å². The second-order valence-corrected chi connectivity index (χ2v) is 12.7. The van der Waals surface area contributed by atoms with E-state index in [4.69, 9.17) is 18.9 Å². The minimum atomic E-state index is -0.770. The number of nitrogens with zero attached hydrogens (tertiary/aromatic N) is 2. The number of esters is 1. The standard InChI is InChI=1S/C36H31IN2O6S/c1-5-44-35(41)31-21(2)38-36-39(32(31)26-15-8-9-16-28(26)42-3)34(40)30(46-36)19-22-17-27(37)33(29(18-22)43-4)45-20-24-13-10-12-23-11-6-7-14-25(23)24/h6-19,32H,5,20H2,1-4H3/b30-19+/t32-/m0/s1. The number of hydrogen-bond donors (Lipinski definition) is 0. The summed E-state index contributed by atoms with van der Waals surface area (Å²) in [6.45, 7) is 4.07. The van der Waals surface area contributed by atoms with E-state index in [1.165, 1.54) is 11.3 Å². The van der Waals surface area contributed by atoms with Gasteiger partial charge in [-0.2, -0.15) is 0 Å². The number of allylic oxidation sites excluding steroid dienone is 1. The zero-order valence-electron chi connectivity index (χ0n) is 25.7. The molecule has 0 saturated carbocycles. The van der Waals surface area contributed by atoms with Crippen LogP contribution in [0.4, 0.5) is 0 Å². The Balaban J connectivity index is 1.41. The smallest absolute Gasteiger partial charge is 0.338 e. The Labute approximate surface area is 283 Å². The highest BCUT2D eigenvalue weighted by atomic mass is 127. The van der Waals surface area contributed by atoms with Gasteiger partial charge in [0.25, 0.3) is 5.56 Å². The fourth-order valence-electron chi connectivity index (χ4n) is 5.66. The van der Waals surface area contributed by atoms with Crippen LogP contribution in [-0.2, 0) is 16.1 Å². The van der Waals surface area contributed by atoms with Gasteiger partial charge in [-0.3, -0.25) is 9.36 Å². The van der Waals surface area contributed by atoms with E-state index >= 15 is 0 Å². The number of halogens is 1. The van der Waals surface area contributed by atoms with Crippen molar-refractivity contribution >= 4 is 56.7 Å². The van der Waals surface area contributed by atoms with E-state index in [0.29, 0.717) is 50.0 Å². The topological polar surface area (TPSA) is 88.4 Å². The first kappa shape index (κ1) is 31.6. The molecule has 1 aliphatic heterocycles. The summed E-state index contributed by atoms with van der Waals surface area (Å²) in [7, 11) is 3.16. The minimum absolute atomic E-state index is 0.195. The van der Waals surface area contributed by atoms with Crippen LogP contribution < -0.4 is 29.1 Å². The highest BCUT2D eigenvalue weighted by Gasteiger charge is 2.35. The normalized spacial score (nSPS) is 14.5. The average Bonchev–Trinajstić information content (AvgIpc) is 3.36. The number of ether oxygens (including phenoxy) is 4. The molecule has 4 aromatic carbocycles. The number of hydrogen-bond acceptors (Lipinski definition) is 8. The van der Waals surface area contributed by atoms with Crippen molar-refractivity contribution in [1.29, 1.82) is 0 Å². The number of carbonyl (C=O) groups excluding carboxylic acids is 1. The summed E-state index contributed by atoms with van der Waals surface area (Å²) in [6.07, 6.45) is 1.81. The molecule has 0 unspecified atom stereocenters. The molecule has 1 aromatic heterocycles. The van der Waals surface area contributed by atoms with Gasteiger partial charge in [0.15, 0.2) is 16.3 Å². The van der Waals surface area contributed by atoms with Gasteiger partial charge in [0.05, 0.1) is 40.2 Å². The third-order valence-electron chi connectivity index (χ3n) is 7.75. The number of carbonyl (C=O) groups is 1. The molecule has 1 atom stereocenters. The Bertz CT molecular complexity index is 2180.